The lowest BCUT2D eigenvalue weighted by molar-refractivity contribution is -0.115. The molecule has 0 amide bonds. The maximum absolute atomic E-state index is 6.12. The molecule has 1 aromatic carbocycles. The number of hydrogen-bond donors (Lipinski definition) is 1. The predicted octanol–water partition coefficient (Wildman–Crippen LogP) is 3.06. The van der Waals surface area contributed by atoms with E-state index < -0.39 is 0 Å². The van der Waals surface area contributed by atoms with Crippen LogP contribution in [0, 0.1) is 0 Å². The Balaban J connectivity index is 2.12. The van der Waals surface area contributed by atoms with Crippen LogP contribution >= 0.6 is 11.6 Å². The van der Waals surface area contributed by atoms with Gasteiger partial charge in [-0.2, -0.15) is 0 Å². The van der Waals surface area contributed by atoms with Crippen molar-refractivity contribution >= 4 is 11.6 Å². The molecule has 0 spiro atoms. The molecule has 1 aromatic rings. The van der Waals surface area contributed by atoms with E-state index in [9.17, 15) is 0 Å². The first-order chi connectivity index (χ1) is 9.37. The van der Waals surface area contributed by atoms with Gasteiger partial charge in [0.2, 0.25) is 0 Å². The van der Waals surface area contributed by atoms with Gasteiger partial charge in [0.15, 0.2) is 0 Å². The Morgan fingerprint density at radius 2 is 1.95 bits per heavy atom. The average Bonchev–Trinajstić information content (AvgIpc) is 2.40. The van der Waals surface area contributed by atoms with Gasteiger partial charge in [0, 0.05) is 30.3 Å². The van der Waals surface area contributed by atoms with Gasteiger partial charge in [-0.1, -0.05) is 23.7 Å². The normalized spacial score (nSPS) is 25.9. The molecule has 1 unspecified atom stereocenters. The molecule has 4 heteroatoms. The third kappa shape index (κ3) is 3.53. The van der Waals surface area contributed by atoms with Gasteiger partial charge in [-0.3, -0.25) is 4.90 Å². The molecule has 0 saturated carbocycles. The minimum absolute atomic E-state index is 0.0153. The minimum atomic E-state index is -0.105. The van der Waals surface area contributed by atoms with Crippen LogP contribution in [-0.2, 0) is 11.3 Å². The van der Waals surface area contributed by atoms with Crippen molar-refractivity contribution < 1.29 is 4.74 Å². The third-order valence-corrected chi connectivity index (χ3v) is 4.59. The van der Waals surface area contributed by atoms with E-state index in [0.29, 0.717) is 6.54 Å². The van der Waals surface area contributed by atoms with E-state index in [0.717, 1.165) is 31.0 Å². The predicted molar refractivity (Wildman–Crippen MR) is 84.0 cm³/mol. The molecule has 1 fully saturated rings. The zero-order valence-corrected chi connectivity index (χ0v) is 13.4. The first-order valence-corrected chi connectivity index (χ1v) is 7.54. The van der Waals surface area contributed by atoms with Crippen LogP contribution in [0.4, 0.5) is 0 Å². The Labute approximate surface area is 127 Å². The summed E-state index contributed by atoms with van der Waals surface area (Å²) in [6.45, 7) is 6.60. The quantitative estimate of drug-likeness (QED) is 0.928. The summed E-state index contributed by atoms with van der Waals surface area (Å²) >= 11 is 5.94. The molecule has 0 aliphatic carbocycles. The molecule has 1 aliphatic heterocycles. The summed E-state index contributed by atoms with van der Waals surface area (Å²) in [4.78, 5) is 2.38. The third-order valence-electron chi connectivity index (χ3n) is 4.34. The summed E-state index contributed by atoms with van der Waals surface area (Å²) in [7, 11) is 2.16. The number of benzene rings is 1. The molecule has 112 valence electrons. The van der Waals surface area contributed by atoms with Crippen LogP contribution in [0.1, 0.15) is 32.3 Å². The largest absolute Gasteiger partial charge is 0.375 e. The summed E-state index contributed by atoms with van der Waals surface area (Å²) < 4.78 is 5.84. The van der Waals surface area contributed by atoms with Crippen molar-refractivity contribution in [1.82, 2.24) is 4.90 Å². The van der Waals surface area contributed by atoms with E-state index in [1.54, 1.807) is 0 Å². The number of nitrogens with zero attached hydrogens (tertiary/aromatic N) is 1. The second-order valence-corrected chi connectivity index (χ2v) is 6.88. The molecule has 1 heterocycles. The second kappa shape index (κ2) is 6.02. The van der Waals surface area contributed by atoms with Gasteiger partial charge in [-0.15, -0.1) is 0 Å². The van der Waals surface area contributed by atoms with Crippen molar-refractivity contribution in [2.75, 3.05) is 20.2 Å². The van der Waals surface area contributed by atoms with Crippen molar-refractivity contribution in [3.05, 3.63) is 34.9 Å². The fraction of sp³-hybridized carbons (Fsp3) is 0.625. The number of nitrogens with two attached hydrogens (primary N) is 1. The summed E-state index contributed by atoms with van der Waals surface area (Å²) in [6.07, 6.45) is 1.94. The number of ether oxygens (including phenoxy) is 1. The highest BCUT2D eigenvalue weighted by Crippen LogP contribution is 2.35. The first kappa shape index (κ1) is 15.8. The van der Waals surface area contributed by atoms with Gasteiger partial charge in [0.1, 0.15) is 0 Å². The molecule has 1 aliphatic rings. The van der Waals surface area contributed by atoms with E-state index >= 15 is 0 Å². The Bertz CT molecular complexity index is 446. The molecule has 2 N–H and O–H groups in total. The topological polar surface area (TPSA) is 38.5 Å². The molecular formula is C16H25ClN2O. The van der Waals surface area contributed by atoms with Crippen molar-refractivity contribution in [3.63, 3.8) is 0 Å². The van der Waals surface area contributed by atoms with E-state index in [1.165, 1.54) is 5.56 Å². The van der Waals surface area contributed by atoms with Crippen molar-refractivity contribution in [1.29, 1.82) is 0 Å². The highest BCUT2D eigenvalue weighted by Gasteiger charge is 2.42. The highest BCUT2D eigenvalue weighted by molar-refractivity contribution is 6.30. The molecule has 1 saturated heterocycles. The van der Waals surface area contributed by atoms with E-state index in [1.807, 2.05) is 12.1 Å². The first-order valence-electron chi connectivity index (χ1n) is 7.17. The van der Waals surface area contributed by atoms with Gasteiger partial charge < -0.3 is 10.5 Å². The average molecular weight is 297 g/mol. The second-order valence-electron chi connectivity index (χ2n) is 6.45. The fourth-order valence-corrected chi connectivity index (χ4v) is 3.26. The van der Waals surface area contributed by atoms with Crippen LogP contribution in [0.5, 0.6) is 0 Å². The van der Waals surface area contributed by atoms with Gasteiger partial charge in [0.05, 0.1) is 5.60 Å². The van der Waals surface area contributed by atoms with Crippen molar-refractivity contribution in [3.8, 4) is 0 Å². The highest BCUT2D eigenvalue weighted by atomic mass is 35.5. The van der Waals surface area contributed by atoms with E-state index in [4.69, 9.17) is 22.1 Å². The molecule has 2 rings (SSSR count). The molecule has 1 atom stereocenters. The van der Waals surface area contributed by atoms with Gasteiger partial charge >= 0.3 is 0 Å². The van der Waals surface area contributed by atoms with Crippen molar-refractivity contribution in [2.24, 2.45) is 5.73 Å². The summed E-state index contributed by atoms with van der Waals surface area (Å²) in [5, 5.41) is 0.775. The van der Waals surface area contributed by atoms with Crippen LogP contribution < -0.4 is 5.73 Å². The lowest BCUT2D eigenvalue weighted by Gasteiger charge is -2.49. The number of rotatable bonds is 4. The molecule has 0 radical (unpaired) electrons. The summed E-state index contributed by atoms with van der Waals surface area (Å²) in [5.74, 6) is 0. The monoisotopic (exact) mass is 296 g/mol. The molecule has 20 heavy (non-hydrogen) atoms. The van der Waals surface area contributed by atoms with Crippen LogP contribution in [0.3, 0.4) is 0 Å². The molecular weight excluding hydrogens is 272 g/mol. The Morgan fingerprint density at radius 1 is 1.30 bits per heavy atom. The van der Waals surface area contributed by atoms with Gasteiger partial charge in [-0.05, 0) is 51.4 Å². The number of halogens is 1. The molecule has 0 aromatic heterocycles. The zero-order chi connectivity index (χ0) is 14.8. The Morgan fingerprint density at radius 3 is 2.50 bits per heavy atom. The minimum Gasteiger partial charge on any atom is -0.375 e. The van der Waals surface area contributed by atoms with Gasteiger partial charge in [0.25, 0.3) is 0 Å². The van der Waals surface area contributed by atoms with Crippen molar-refractivity contribution in [2.45, 2.75) is 44.4 Å². The standard InChI is InChI=1S/C16H25ClN2O/c1-15(2)11-16(12-18,8-9-20-15)19(3)10-13-4-6-14(17)7-5-13/h4-7H,8-12,18H2,1-3H3. The zero-order valence-electron chi connectivity index (χ0n) is 12.7. The summed E-state index contributed by atoms with van der Waals surface area (Å²) in [6, 6.07) is 8.03. The van der Waals surface area contributed by atoms with Gasteiger partial charge in [-0.25, -0.2) is 0 Å². The van der Waals surface area contributed by atoms with Crippen LogP contribution in [-0.4, -0.2) is 36.2 Å². The molecule has 0 bridgehead atoms. The fourth-order valence-electron chi connectivity index (χ4n) is 3.14. The SMILES string of the molecule is CN(Cc1ccc(Cl)cc1)C1(CN)CCOC(C)(C)C1. The number of hydrogen-bond acceptors (Lipinski definition) is 3. The van der Waals surface area contributed by atoms with E-state index in [2.05, 4.69) is 37.9 Å². The van der Waals surface area contributed by atoms with Crippen LogP contribution in [0.2, 0.25) is 5.02 Å². The van der Waals surface area contributed by atoms with E-state index in [-0.39, 0.29) is 11.1 Å². The lowest BCUT2D eigenvalue weighted by Crippen LogP contribution is -2.59. The number of likely N-dealkylation sites (N-methyl/N-ethyl adjacent to an activating group) is 1. The maximum atomic E-state index is 6.12. The maximum Gasteiger partial charge on any atom is 0.0644 e. The van der Waals surface area contributed by atoms with Crippen LogP contribution in [0.15, 0.2) is 24.3 Å². The lowest BCUT2D eigenvalue weighted by atomic mass is 9.80. The smallest absolute Gasteiger partial charge is 0.0644 e. The Hall–Kier alpha value is -0.610. The Kier molecular flexibility index (Phi) is 4.75. The molecule has 3 nitrogen and oxygen atoms in total. The summed E-state index contributed by atoms with van der Waals surface area (Å²) in [5.41, 5.74) is 7.29. The van der Waals surface area contributed by atoms with Crippen LogP contribution in [0.25, 0.3) is 0 Å².